The second kappa shape index (κ2) is 8.24. The predicted molar refractivity (Wildman–Crippen MR) is 91.4 cm³/mol. The molecule has 2 rings (SSSR count). The molecule has 0 atom stereocenters. The molecule has 0 fully saturated rings. The summed E-state index contributed by atoms with van der Waals surface area (Å²) in [5, 5.41) is 17.3. The maximum absolute atomic E-state index is 14.1. The quantitative estimate of drug-likeness (QED) is 0.586. The summed E-state index contributed by atoms with van der Waals surface area (Å²) in [6.45, 7) is -0.0496. The first-order chi connectivity index (χ1) is 11.9. The van der Waals surface area contributed by atoms with Gasteiger partial charge in [0.05, 0.1) is 20.3 Å². The Bertz CT molecular complexity index is 843. The third kappa shape index (κ3) is 4.25. The largest absolute Gasteiger partial charge is 0.496 e. The van der Waals surface area contributed by atoms with E-state index in [2.05, 4.69) is 9.98 Å². The fourth-order valence-electron chi connectivity index (χ4n) is 2.10. The van der Waals surface area contributed by atoms with Crippen LogP contribution in [0.5, 0.6) is 5.75 Å². The minimum absolute atomic E-state index is 0.0882. The highest BCUT2D eigenvalue weighted by Gasteiger charge is 2.22. The van der Waals surface area contributed by atoms with Gasteiger partial charge in [-0.05, 0) is 11.6 Å². The average molecular weight is 387 g/mol. The Kier molecular flexibility index (Phi) is 6.30. The second-order valence-electron chi connectivity index (χ2n) is 4.88. The van der Waals surface area contributed by atoms with E-state index in [0.717, 1.165) is 6.21 Å². The lowest BCUT2D eigenvalue weighted by atomic mass is 10.1. The summed E-state index contributed by atoms with van der Waals surface area (Å²) in [5.74, 6) is -1.97. The number of aliphatic imine (C=N–C) groups is 1. The Hall–Kier alpha value is -2.22. The van der Waals surface area contributed by atoms with Crippen molar-refractivity contribution in [3.63, 3.8) is 0 Å². The van der Waals surface area contributed by atoms with Crippen LogP contribution in [0.1, 0.15) is 27.0 Å². The van der Waals surface area contributed by atoms with Gasteiger partial charge < -0.3 is 14.9 Å². The van der Waals surface area contributed by atoms with E-state index >= 15 is 0 Å². The van der Waals surface area contributed by atoms with Crippen molar-refractivity contribution in [1.82, 2.24) is 4.98 Å². The van der Waals surface area contributed by atoms with Crippen molar-refractivity contribution in [1.29, 1.82) is 0 Å². The molecular formula is C16H13Cl2FN2O4. The molecule has 0 bridgehead atoms. The van der Waals surface area contributed by atoms with Gasteiger partial charge >= 0.3 is 5.97 Å². The van der Waals surface area contributed by atoms with E-state index in [1.165, 1.54) is 7.11 Å². The van der Waals surface area contributed by atoms with Crippen LogP contribution in [0.2, 0.25) is 10.3 Å². The first kappa shape index (κ1) is 19.1. The number of aromatic nitrogens is 1. The number of hydrogen-bond acceptors (Lipinski definition) is 5. The van der Waals surface area contributed by atoms with E-state index < -0.39 is 27.7 Å². The van der Waals surface area contributed by atoms with Crippen LogP contribution in [0, 0.1) is 5.82 Å². The molecule has 2 aromatic rings. The molecule has 0 saturated heterocycles. The number of hydrogen-bond donors (Lipinski definition) is 2. The highest BCUT2D eigenvalue weighted by Crippen LogP contribution is 2.26. The molecule has 1 aromatic carbocycles. The van der Waals surface area contributed by atoms with Crippen LogP contribution in [-0.2, 0) is 13.2 Å². The number of pyridine rings is 1. The van der Waals surface area contributed by atoms with E-state index in [0.29, 0.717) is 16.9 Å². The Morgan fingerprint density at radius 2 is 2.12 bits per heavy atom. The number of carboxylic acids is 1. The molecule has 0 amide bonds. The Labute approximate surface area is 152 Å². The smallest absolute Gasteiger partial charge is 0.339 e. The zero-order chi connectivity index (χ0) is 18.6. The number of rotatable bonds is 6. The van der Waals surface area contributed by atoms with Crippen LogP contribution in [0.4, 0.5) is 4.39 Å². The highest BCUT2D eigenvalue weighted by molar-refractivity contribution is 6.35. The number of nitrogens with zero attached hydrogens (tertiary/aromatic N) is 2. The summed E-state index contributed by atoms with van der Waals surface area (Å²) in [6.07, 6.45) is 1.04. The van der Waals surface area contributed by atoms with Crippen LogP contribution < -0.4 is 4.74 Å². The van der Waals surface area contributed by atoms with Crippen molar-refractivity contribution < 1.29 is 24.1 Å². The van der Waals surface area contributed by atoms with Crippen molar-refractivity contribution in [3.05, 3.63) is 56.6 Å². The molecule has 9 heteroatoms. The monoisotopic (exact) mass is 386 g/mol. The zero-order valence-corrected chi connectivity index (χ0v) is 14.5. The Balaban J connectivity index is 2.36. The first-order valence-electron chi connectivity index (χ1n) is 6.93. The van der Waals surface area contributed by atoms with Gasteiger partial charge in [0.2, 0.25) is 0 Å². The third-order valence-corrected chi connectivity index (χ3v) is 3.84. The fraction of sp³-hybridized carbons (Fsp3) is 0.188. The van der Waals surface area contributed by atoms with Gasteiger partial charge in [-0.25, -0.2) is 14.2 Å². The summed E-state index contributed by atoms with van der Waals surface area (Å²) < 4.78 is 19.3. The van der Waals surface area contributed by atoms with Gasteiger partial charge in [0.1, 0.15) is 16.5 Å². The SMILES string of the molecule is COc1cc(CO)ccc1C/N=C/c1c(F)c(Cl)nc(Cl)c1C(=O)O. The highest BCUT2D eigenvalue weighted by atomic mass is 35.5. The van der Waals surface area contributed by atoms with Crippen LogP contribution in [-0.4, -0.2) is 34.5 Å². The van der Waals surface area contributed by atoms with Gasteiger partial charge in [0.15, 0.2) is 11.0 Å². The molecule has 0 radical (unpaired) electrons. The van der Waals surface area contributed by atoms with E-state index in [1.54, 1.807) is 18.2 Å². The lowest BCUT2D eigenvalue weighted by molar-refractivity contribution is 0.0696. The van der Waals surface area contributed by atoms with Crippen LogP contribution in [0.3, 0.4) is 0 Å². The van der Waals surface area contributed by atoms with Crippen LogP contribution in [0.25, 0.3) is 0 Å². The number of halogens is 3. The Morgan fingerprint density at radius 3 is 2.72 bits per heavy atom. The number of carbonyl (C=O) groups is 1. The fourth-order valence-corrected chi connectivity index (χ4v) is 2.60. The van der Waals surface area contributed by atoms with Crippen molar-refractivity contribution >= 4 is 35.4 Å². The molecule has 0 spiro atoms. The molecule has 0 aliphatic rings. The molecule has 0 saturated carbocycles. The maximum Gasteiger partial charge on any atom is 0.339 e. The number of benzene rings is 1. The van der Waals surface area contributed by atoms with Gasteiger partial charge in [-0.15, -0.1) is 0 Å². The van der Waals surface area contributed by atoms with Gasteiger partial charge in [-0.2, -0.15) is 0 Å². The van der Waals surface area contributed by atoms with Crippen molar-refractivity contribution in [3.8, 4) is 5.75 Å². The maximum atomic E-state index is 14.1. The lowest BCUT2D eigenvalue weighted by Crippen LogP contribution is -2.08. The van der Waals surface area contributed by atoms with Crippen molar-refractivity contribution in [2.75, 3.05) is 7.11 Å². The average Bonchev–Trinajstić information content (AvgIpc) is 2.58. The molecular weight excluding hydrogens is 374 g/mol. The van der Waals surface area contributed by atoms with Crippen molar-refractivity contribution in [2.45, 2.75) is 13.2 Å². The van der Waals surface area contributed by atoms with E-state index in [9.17, 15) is 14.3 Å². The van der Waals surface area contributed by atoms with E-state index in [1.807, 2.05) is 0 Å². The van der Waals surface area contributed by atoms with Gasteiger partial charge in [0.25, 0.3) is 0 Å². The number of ether oxygens (including phenoxy) is 1. The summed E-state index contributed by atoms with van der Waals surface area (Å²) >= 11 is 11.3. The zero-order valence-electron chi connectivity index (χ0n) is 13.0. The van der Waals surface area contributed by atoms with Crippen LogP contribution >= 0.6 is 23.2 Å². The summed E-state index contributed by atoms with van der Waals surface area (Å²) in [7, 11) is 1.47. The Morgan fingerprint density at radius 1 is 1.40 bits per heavy atom. The molecule has 0 aliphatic carbocycles. The molecule has 0 aliphatic heterocycles. The predicted octanol–water partition coefficient (Wildman–Crippen LogP) is 3.35. The molecule has 25 heavy (non-hydrogen) atoms. The summed E-state index contributed by atoms with van der Waals surface area (Å²) in [5.41, 5.74) is 0.453. The number of carboxylic acid groups (broad SMARTS) is 1. The minimum Gasteiger partial charge on any atom is -0.496 e. The molecule has 1 heterocycles. The van der Waals surface area contributed by atoms with E-state index in [-0.39, 0.29) is 18.7 Å². The number of methoxy groups -OCH3 is 1. The van der Waals surface area contributed by atoms with Gasteiger partial charge in [-0.3, -0.25) is 4.99 Å². The second-order valence-corrected chi connectivity index (χ2v) is 5.59. The van der Waals surface area contributed by atoms with Crippen LogP contribution in [0.15, 0.2) is 23.2 Å². The lowest BCUT2D eigenvalue weighted by Gasteiger charge is -2.09. The summed E-state index contributed by atoms with van der Waals surface area (Å²) in [6, 6.07) is 5.04. The topological polar surface area (TPSA) is 92.0 Å². The standard InChI is InChI=1S/C16H13Cl2FN2O4/c1-25-11-4-8(7-22)2-3-9(11)5-20-6-10-12(16(23)24)14(17)21-15(18)13(10)19/h2-4,6,22H,5,7H2,1H3,(H,23,24)/b20-6+. The summed E-state index contributed by atoms with van der Waals surface area (Å²) in [4.78, 5) is 18.8. The van der Waals surface area contributed by atoms with Gasteiger partial charge in [-0.1, -0.05) is 35.3 Å². The third-order valence-electron chi connectivity index (χ3n) is 3.32. The normalized spacial score (nSPS) is 11.1. The number of aliphatic hydroxyl groups excluding tert-OH is 1. The number of aromatic carboxylic acids is 1. The molecule has 6 nitrogen and oxygen atoms in total. The first-order valence-corrected chi connectivity index (χ1v) is 7.68. The molecule has 2 N–H and O–H groups in total. The van der Waals surface area contributed by atoms with Crippen molar-refractivity contribution in [2.24, 2.45) is 4.99 Å². The number of aliphatic hydroxyl groups is 1. The molecule has 1 aromatic heterocycles. The minimum atomic E-state index is -1.45. The van der Waals surface area contributed by atoms with E-state index in [4.69, 9.17) is 33.0 Å². The molecule has 0 unspecified atom stereocenters. The molecule has 132 valence electrons. The van der Waals surface area contributed by atoms with Gasteiger partial charge in [0, 0.05) is 17.3 Å².